The van der Waals surface area contributed by atoms with Crippen LogP contribution in [0.25, 0.3) is 0 Å². The Bertz CT molecular complexity index is 370. The van der Waals surface area contributed by atoms with Gasteiger partial charge in [-0.1, -0.05) is 0 Å². The van der Waals surface area contributed by atoms with E-state index in [2.05, 4.69) is 29.9 Å². The normalized spacial score (nSPS) is 21.8. The first-order valence-corrected chi connectivity index (χ1v) is 6.68. The number of piperidine rings is 1. The molecular formula is C13H21N3O. The SMILES string of the molecule is CC(C)N1CCC(c2cc3n(n2)CCO3)CC1. The van der Waals surface area contributed by atoms with E-state index in [0.29, 0.717) is 12.0 Å². The summed E-state index contributed by atoms with van der Waals surface area (Å²) in [6.07, 6.45) is 2.46. The third kappa shape index (κ3) is 2.06. The number of ether oxygens (including phenoxy) is 1. The second-order valence-electron chi connectivity index (χ2n) is 5.38. The number of fused-ring (bicyclic) bond motifs is 1. The molecule has 2 aliphatic rings. The lowest BCUT2D eigenvalue weighted by Gasteiger charge is -2.33. The van der Waals surface area contributed by atoms with E-state index >= 15 is 0 Å². The van der Waals surface area contributed by atoms with Crippen molar-refractivity contribution < 1.29 is 4.74 Å². The molecule has 4 heteroatoms. The van der Waals surface area contributed by atoms with Gasteiger partial charge in [0.2, 0.25) is 5.88 Å². The van der Waals surface area contributed by atoms with Crippen LogP contribution in [0, 0.1) is 0 Å². The monoisotopic (exact) mass is 235 g/mol. The third-order valence-electron chi connectivity index (χ3n) is 3.99. The Morgan fingerprint density at radius 2 is 2.06 bits per heavy atom. The number of rotatable bonds is 2. The molecule has 0 N–H and O–H groups in total. The quantitative estimate of drug-likeness (QED) is 0.784. The molecule has 0 aliphatic carbocycles. The van der Waals surface area contributed by atoms with Crippen molar-refractivity contribution in [1.82, 2.24) is 14.7 Å². The minimum atomic E-state index is 0.631. The zero-order valence-electron chi connectivity index (χ0n) is 10.7. The largest absolute Gasteiger partial charge is 0.476 e. The van der Waals surface area contributed by atoms with Crippen molar-refractivity contribution in [3.63, 3.8) is 0 Å². The highest BCUT2D eigenvalue weighted by molar-refractivity contribution is 5.21. The summed E-state index contributed by atoms with van der Waals surface area (Å²) < 4.78 is 7.52. The fourth-order valence-electron chi connectivity index (χ4n) is 2.84. The molecule has 17 heavy (non-hydrogen) atoms. The van der Waals surface area contributed by atoms with Crippen molar-refractivity contribution in [3.8, 4) is 5.88 Å². The topological polar surface area (TPSA) is 30.3 Å². The van der Waals surface area contributed by atoms with Crippen LogP contribution in [0.4, 0.5) is 0 Å². The molecule has 0 bridgehead atoms. The first-order chi connectivity index (χ1) is 8.24. The smallest absolute Gasteiger partial charge is 0.212 e. The zero-order chi connectivity index (χ0) is 11.8. The van der Waals surface area contributed by atoms with Crippen LogP contribution in [0.15, 0.2) is 6.07 Å². The van der Waals surface area contributed by atoms with E-state index in [-0.39, 0.29) is 0 Å². The van der Waals surface area contributed by atoms with Gasteiger partial charge in [0.15, 0.2) is 0 Å². The first-order valence-electron chi connectivity index (χ1n) is 6.68. The Kier molecular flexibility index (Phi) is 2.82. The van der Waals surface area contributed by atoms with E-state index in [9.17, 15) is 0 Å². The van der Waals surface area contributed by atoms with E-state index < -0.39 is 0 Å². The lowest BCUT2D eigenvalue weighted by Crippen LogP contribution is -2.37. The van der Waals surface area contributed by atoms with E-state index in [0.717, 1.165) is 19.0 Å². The van der Waals surface area contributed by atoms with Crippen LogP contribution in [0.5, 0.6) is 5.88 Å². The van der Waals surface area contributed by atoms with Crippen LogP contribution in [0.2, 0.25) is 0 Å². The van der Waals surface area contributed by atoms with Gasteiger partial charge < -0.3 is 9.64 Å². The highest BCUT2D eigenvalue weighted by Gasteiger charge is 2.26. The molecule has 1 fully saturated rings. The Labute approximate surface area is 103 Å². The summed E-state index contributed by atoms with van der Waals surface area (Å²) in [6, 6.07) is 2.81. The van der Waals surface area contributed by atoms with Crippen molar-refractivity contribution in [2.24, 2.45) is 0 Å². The molecule has 0 unspecified atom stereocenters. The summed E-state index contributed by atoms with van der Waals surface area (Å²) >= 11 is 0. The van der Waals surface area contributed by atoms with Crippen LogP contribution in [0.3, 0.4) is 0 Å². The molecule has 0 atom stereocenters. The van der Waals surface area contributed by atoms with Gasteiger partial charge in [-0.05, 0) is 39.8 Å². The second-order valence-corrected chi connectivity index (χ2v) is 5.38. The Morgan fingerprint density at radius 1 is 1.29 bits per heavy atom. The van der Waals surface area contributed by atoms with Crippen LogP contribution in [0.1, 0.15) is 38.3 Å². The predicted octanol–water partition coefficient (Wildman–Crippen LogP) is 1.86. The van der Waals surface area contributed by atoms with Gasteiger partial charge in [0.25, 0.3) is 0 Å². The molecule has 1 aromatic heterocycles. The van der Waals surface area contributed by atoms with Crippen LogP contribution >= 0.6 is 0 Å². The van der Waals surface area contributed by atoms with Crippen LogP contribution < -0.4 is 4.74 Å². The highest BCUT2D eigenvalue weighted by atomic mass is 16.5. The summed E-state index contributed by atoms with van der Waals surface area (Å²) in [7, 11) is 0. The van der Waals surface area contributed by atoms with Crippen LogP contribution in [-0.4, -0.2) is 40.4 Å². The molecular weight excluding hydrogens is 214 g/mol. The molecule has 3 heterocycles. The van der Waals surface area contributed by atoms with E-state index in [4.69, 9.17) is 4.74 Å². The van der Waals surface area contributed by atoms with Gasteiger partial charge in [0.05, 0.1) is 12.2 Å². The van der Waals surface area contributed by atoms with Crippen molar-refractivity contribution in [3.05, 3.63) is 11.8 Å². The molecule has 4 nitrogen and oxygen atoms in total. The van der Waals surface area contributed by atoms with Gasteiger partial charge in [-0.25, -0.2) is 4.68 Å². The van der Waals surface area contributed by atoms with Gasteiger partial charge in [-0.2, -0.15) is 5.10 Å². The minimum Gasteiger partial charge on any atom is -0.476 e. The number of likely N-dealkylation sites (tertiary alicyclic amines) is 1. The standard InChI is InChI=1S/C13H21N3O/c1-10(2)15-5-3-11(4-6-15)12-9-13-16(14-12)7-8-17-13/h9-11H,3-8H2,1-2H3. The van der Waals surface area contributed by atoms with Crippen molar-refractivity contribution >= 4 is 0 Å². The average molecular weight is 235 g/mol. The Hall–Kier alpha value is -1.03. The third-order valence-corrected chi connectivity index (χ3v) is 3.99. The van der Waals surface area contributed by atoms with Crippen molar-refractivity contribution in [1.29, 1.82) is 0 Å². The summed E-state index contributed by atoms with van der Waals surface area (Å²) in [4.78, 5) is 2.55. The minimum absolute atomic E-state index is 0.631. The summed E-state index contributed by atoms with van der Waals surface area (Å²) in [5.74, 6) is 1.60. The van der Waals surface area contributed by atoms with Crippen molar-refractivity contribution in [2.75, 3.05) is 19.7 Å². The molecule has 2 aliphatic heterocycles. The van der Waals surface area contributed by atoms with E-state index in [1.807, 2.05) is 4.68 Å². The highest BCUT2D eigenvalue weighted by Crippen LogP contribution is 2.31. The fraction of sp³-hybridized carbons (Fsp3) is 0.769. The second kappa shape index (κ2) is 4.33. The van der Waals surface area contributed by atoms with Crippen molar-refractivity contribution in [2.45, 2.75) is 45.2 Å². The van der Waals surface area contributed by atoms with Gasteiger partial charge in [0.1, 0.15) is 6.61 Å². The lowest BCUT2D eigenvalue weighted by molar-refractivity contribution is 0.170. The van der Waals surface area contributed by atoms with Gasteiger partial charge in [0, 0.05) is 18.0 Å². The predicted molar refractivity (Wildman–Crippen MR) is 66.4 cm³/mol. The molecule has 94 valence electrons. The zero-order valence-corrected chi connectivity index (χ0v) is 10.7. The summed E-state index contributed by atoms with van der Waals surface area (Å²) in [6.45, 7) is 8.66. The summed E-state index contributed by atoms with van der Waals surface area (Å²) in [5.41, 5.74) is 1.24. The lowest BCUT2D eigenvalue weighted by atomic mass is 9.93. The summed E-state index contributed by atoms with van der Waals surface area (Å²) in [5, 5.41) is 4.66. The first kappa shape index (κ1) is 11.1. The maximum atomic E-state index is 5.52. The molecule has 0 saturated carbocycles. The molecule has 0 amide bonds. The Morgan fingerprint density at radius 3 is 2.71 bits per heavy atom. The number of aromatic nitrogens is 2. The molecule has 1 aromatic rings. The number of hydrogen-bond acceptors (Lipinski definition) is 3. The maximum Gasteiger partial charge on any atom is 0.212 e. The molecule has 0 radical (unpaired) electrons. The molecule has 1 saturated heterocycles. The van der Waals surface area contributed by atoms with E-state index in [1.54, 1.807) is 0 Å². The molecule has 0 spiro atoms. The maximum absolute atomic E-state index is 5.52. The molecule has 0 aromatic carbocycles. The fourth-order valence-corrected chi connectivity index (χ4v) is 2.84. The van der Waals surface area contributed by atoms with Gasteiger partial charge >= 0.3 is 0 Å². The number of hydrogen-bond donors (Lipinski definition) is 0. The Balaban J connectivity index is 1.66. The average Bonchev–Trinajstić information content (AvgIpc) is 2.89. The molecule has 3 rings (SSSR count). The van der Waals surface area contributed by atoms with Gasteiger partial charge in [-0.15, -0.1) is 0 Å². The van der Waals surface area contributed by atoms with Crippen LogP contribution in [-0.2, 0) is 6.54 Å². The van der Waals surface area contributed by atoms with Gasteiger partial charge in [-0.3, -0.25) is 0 Å². The number of nitrogens with zero attached hydrogens (tertiary/aromatic N) is 3. The van der Waals surface area contributed by atoms with E-state index in [1.165, 1.54) is 31.6 Å².